The van der Waals surface area contributed by atoms with Gasteiger partial charge in [-0.2, -0.15) is 0 Å². The predicted molar refractivity (Wildman–Crippen MR) is 71.1 cm³/mol. The lowest BCUT2D eigenvalue weighted by atomic mass is 10.0. The number of carbonyl (C=O) groups excluding carboxylic acids is 1. The number of nitrogens with zero attached hydrogens (tertiary/aromatic N) is 1. The van der Waals surface area contributed by atoms with Gasteiger partial charge in [0.15, 0.2) is 0 Å². The summed E-state index contributed by atoms with van der Waals surface area (Å²) in [5.41, 5.74) is -0.630. The summed E-state index contributed by atoms with van der Waals surface area (Å²) in [6.45, 7) is 12.3. The van der Waals surface area contributed by atoms with E-state index in [1.807, 2.05) is 13.8 Å². The van der Waals surface area contributed by atoms with E-state index in [4.69, 9.17) is 4.74 Å². The van der Waals surface area contributed by atoms with Gasteiger partial charge in [-0.05, 0) is 47.7 Å². The standard InChI is InChI=1S/C13H28N2O2/c1-7-9-15(11(3)4)10-13(5,14-6)12(16)17-8-2/h11,14H,7-10H2,1-6H3. The molecule has 0 amide bonds. The summed E-state index contributed by atoms with van der Waals surface area (Å²) in [5, 5.41) is 3.09. The number of hydrogen-bond acceptors (Lipinski definition) is 4. The fraction of sp³-hybridized carbons (Fsp3) is 0.923. The summed E-state index contributed by atoms with van der Waals surface area (Å²) in [7, 11) is 1.81. The quantitative estimate of drug-likeness (QED) is 0.659. The Kier molecular flexibility index (Phi) is 7.39. The number of hydrogen-bond donors (Lipinski definition) is 1. The predicted octanol–water partition coefficient (Wildman–Crippen LogP) is 1.65. The zero-order chi connectivity index (χ0) is 13.5. The first-order chi connectivity index (χ1) is 7.91. The Morgan fingerprint density at radius 3 is 2.35 bits per heavy atom. The highest BCUT2D eigenvalue weighted by molar-refractivity contribution is 5.80. The van der Waals surface area contributed by atoms with Gasteiger partial charge in [0.2, 0.25) is 0 Å². The second kappa shape index (κ2) is 7.67. The minimum absolute atomic E-state index is 0.177. The van der Waals surface area contributed by atoms with E-state index >= 15 is 0 Å². The van der Waals surface area contributed by atoms with Crippen molar-refractivity contribution in [2.75, 3.05) is 26.7 Å². The SMILES string of the molecule is CCCN(CC(C)(NC)C(=O)OCC)C(C)C. The van der Waals surface area contributed by atoms with Gasteiger partial charge < -0.3 is 10.1 Å². The number of likely N-dealkylation sites (N-methyl/N-ethyl adjacent to an activating group) is 1. The van der Waals surface area contributed by atoms with Gasteiger partial charge in [-0.25, -0.2) is 0 Å². The molecule has 0 rings (SSSR count). The molecule has 0 fully saturated rings. The zero-order valence-electron chi connectivity index (χ0n) is 12.2. The maximum absolute atomic E-state index is 11.9. The molecule has 0 bridgehead atoms. The summed E-state index contributed by atoms with van der Waals surface area (Å²) < 4.78 is 5.13. The van der Waals surface area contributed by atoms with Crippen LogP contribution in [-0.2, 0) is 9.53 Å². The molecule has 0 radical (unpaired) electrons. The molecule has 0 saturated carbocycles. The van der Waals surface area contributed by atoms with Crippen LogP contribution in [0.15, 0.2) is 0 Å². The fourth-order valence-electron chi connectivity index (χ4n) is 1.75. The molecule has 0 aliphatic carbocycles. The fourth-order valence-corrected chi connectivity index (χ4v) is 1.75. The maximum atomic E-state index is 11.9. The summed E-state index contributed by atoms with van der Waals surface area (Å²) in [5.74, 6) is -0.177. The van der Waals surface area contributed by atoms with E-state index in [0.717, 1.165) is 13.0 Å². The minimum Gasteiger partial charge on any atom is -0.465 e. The molecule has 0 aromatic rings. The van der Waals surface area contributed by atoms with Gasteiger partial charge >= 0.3 is 5.97 Å². The van der Waals surface area contributed by atoms with Gasteiger partial charge in [0.05, 0.1) is 6.61 Å². The lowest BCUT2D eigenvalue weighted by Gasteiger charge is -2.35. The number of ether oxygens (including phenoxy) is 1. The van der Waals surface area contributed by atoms with Crippen molar-refractivity contribution in [3.8, 4) is 0 Å². The lowest BCUT2D eigenvalue weighted by Crippen LogP contribution is -2.57. The van der Waals surface area contributed by atoms with E-state index in [1.165, 1.54) is 0 Å². The summed E-state index contributed by atoms with van der Waals surface area (Å²) in [4.78, 5) is 14.2. The van der Waals surface area contributed by atoms with Crippen LogP contribution in [0.2, 0.25) is 0 Å². The highest BCUT2D eigenvalue weighted by atomic mass is 16.5. The zero-order valence-corrected chi connectivity index (χ0v) is 12.2. The van der Waals surface area contributed by atoms with E-state index in [2.05, 4.69) is 31.0 Å². The number of esters is 1. The number of nitrogens with one attached hydrogen (secondary N) is 1. The van der Waals surface area contributed by atoms with Crippen molar-refractivity contribution in [2.45, 2.75) is 52.6 Å². The third kappa shape index (κ3) is 5.04. The van der Waals surface area contributed by atoms with Crippen LogP contribution in [-0.4, -0.2) is 49.2 Å². The Labute approximate surface area is 106 Å². The van der Waals surface area contributed by atoms with E-state index in [9.17, 15) is 4.79 Å². The van der Waals surface area contributed by atoms with E-state index in [-0.39, 0.29) is 5.97 Å². The summed E-state index contributed by atoms with van der Waals surface area (Å²) in [6, 6.07) is 0.428. The monoisotopic (exact) mass is 244 g/mol. The lowest BCUT2D eigenvalue weighted by molar-refractivity contribution is -0.151. The van der Waals surface area contributed by atoms with Crippen molar-refractivity contribution in [1.82, 2.24) is 10.2 Å². The second-order valence-corrected chi connectivity index (χ2v) is 4.87. The van der Waals surface area contributed by atoms with Gasteiger partial charge in [0, 0.05) is 12.6 Å². The Hall–Kier alpha value is -0.610. The molecule has 0 aromatic heterocycles. The molecule has 17 heavy (non-hydrogen) atoms. The van der Waals surface area contributed by atoms with Crippen molar-refractivity contribution >= 4 is 5.97 Å². The number of carbonyl (C=O) groups is 1. The normalized spacial score (nSPS) is 15.1. The van der Waals surface area contributed by atoms with Crippen LogP contribution in [0.25, 0.3) is 0 Å². The molecule has 0 aliphatic rings. The molecule has 0 heterocycles. The first-order valence-corrected chi connectivity index (χ1v) is 6.51. The third-order valence-electron chi connectivity index (χ3n) is 3.04. The smallest absolute Gasteiger partial charge is 0.327 e. The van der Waals surface area contributed by atoms with Gasteiger partial charge in [-0.15, -0.1) is 0 Å². The van der Waals surface area contributed by atoms with Crippen molar-refractivity contribution in [2.24, 2.45) is 0 Å². The molecule has 0 saturated heterocycles. The molecular formula is C13H28N2O2. The highest BCUT2D eigenvalue weighted by Crippen LogP contribution is 2.12. The first-order valence-electron chi connectivity index (χ1n) is 6.51. The highest BCUT2D eigenvalue weighted by Gasteiger charge is 2.35. The Morgan fingerprint density at radius 2 is 2.00 bits per heavy atom. The van der Waals surface area contributed by atoms with Crippen LogP contribution in [0.5, 0.6) is 0 Å². The topological polar surface area (TPSA) is 41.6 Å². The molecule has 0 aromatic carbocycles. The van der Waals surface area contributed by atoms with Crippen LogP contribution >= 0.6 is 0 Å². The van der Waals surface area contributed by atoms with Gasteiger partial charge in [-0.3, -0.25) is 9.69 Å². The first kappa shape index (κ1) is 16.4. The molecule has 0 aliphatic heterocycles. The maximum Gasteiger partial charge on any atom is 0.327 e. The molecule has 4 nitrogen and oxygen atoms in total. The second-order valence-electron chi connectivity index (χ2n) is 4.87. The molecule has 1 N–H and O–H groups in total. The Morgan fingerprint density at radius 1 is 1.41 bits per heavy atom. The van der Waals surface area contributed by atoms with Gasteiger partial charge in [-0.1, -0.05) is 6.92 Å². The average molecular weight is 244 g/mol. The van der Waals surface area contributed by atoms with Crippen LogP contribution in [0.1, 0.15) is 41.0 Å². The van der Waals surface area contributed by atoms with Crippen molar-refractivity contribution in [3.05, 3.63) is 0 Å². The van der Waals surface area contributed by atoms with Gasteiger partial charge in [0.1, 0.15) is 5.54 Å². The molecule has 1 unspecified atom stereocenters. The van der Waals surface area contributed by atoms with E-state index < -0.39 is 5.54 Å². The third-order valence-corrected chi connectivity index (χ3v) is 3.04. The Bertz CT molecular complexity index is 231. The van der Waals surface area contributed by atoms with Gasteiger partial charge in [0.25, 0.3) is 0 Å². The summed E-state index contributed by atoms with van der Waals surface area (Å²) >= 11 is 0. The van der Waals surface area contributed by atoms with Crippen LogP contribution in [0.4, 0.5) is 0 Å². The van der Waals surface area contributed by atoms with E-state index in [1.54, 1.807) is 7.05 Å². The van der Waals surface area contributed by atoms with Crippen molar-refractivity contribution in [1.29, 1.82) is 0 Å². The van der Waals surface area contributed by atoms with Crippen molar-refractivity contribution < 1.29 is 9.53 Å². The Balaban J connectivity index is 4.68. The number of rotatable bonds is 8. The molecule has 0 spiro atoms. The van der Waals surface area contributed by atoms with Crippen LogP contribution in [0, 0.1) is 0 Å². The molecule has 1 atom stereocenters. The average Bonchev–Trinajstić information content (AvgIpc) is 2.28. The molecule has 4 heteroatoms. The van der Waals surface area contributed by atoms with Crippen LogP contribution in [0.3, 0.4) is 0 Å². The largest absolute Gasteiger partial charge is 0.465 e. The van der Waals surface area contributed by atoms with E-state index in [0.29, 0.717) is 19.2 Å². The molecular weight excluding hydrogens is 216 g/mol. The molecule has 102 valence electrons. The minimum atomic E-state index is -0.630. The van der Waals surface area contributed by atoms with Crippen LogP contribution < -0.4 is 5.32 Å². The van der Waals surface area contributed by atoms with Crippen molar-refractivity contribution in [3.63, 3.8) is 0 Å². The summed E-state index contributed by atoms with van der Waals surface area (Å²) in [6.07, 6.45) is 1.08.